The third-order valence-electron chi connectivity index (χ3n) is 9.60. The zero-order valence-electron chi connectivity index (χ0n) is 34.6. The van der Waals surface area contributed by atoms with Crippen LogP contribution in [0.1, 0.15) is 181 Å². The maximum Gasteiger partial charge on any atom is 0.105 e. The first-order valence-electron chi connectivity index (χ1n) is 21.0. The Morgan fingerprint density at radius 3 is 0.863 bits per heavy atom. The van der Waals surface area contributed by atoms with Crippen molar-refractivity contribution in [1.82, 2.24) is 0 Å². The fraction of sp³-hybridized carbons (Fsp3) is 1.00. The number of phosphoric acid groups is 1. The lowest BCUT2D eigenvalue weighted by atomic mass is 10.0. The number of rotatable bonds is 34. The molecule has 5 N–H and O–H groups in total. The molecule has 0 aromatic heterocycles. The van der Waals surface area contributed by atoms with E-state index in [1.54, 1.807) is 0 Å². The Hall–Kier alpha value is -0.130. The van der Waals surface area contributed by atoms with Crippen LogP contribution in [0.3, 0.4) is 0 Å². The number of likely N-dealkylation sites (N-methyl/N-ethyl adjacent to an activating group) is 2. The maximum atomic E-state index is 10.1. The molecule has 0 aliphatic heterocycles. The molecule has 0 spiro atoms. The van der Waals surface area contributed by atoms with E-state index < -0.39 is 7.82 Å². The number of hydrogen-bond donors (Lipinski definition) is 5. The van der Waals surface area contributed by atoms with Crippen LogP contribution in [0.25, 0.3) is 0 Å². The van der Waals surface area contributed by atoms with Gasteiger partial charge in [0.1, 0.15) is 38.4 Å². The van der Waals surface area contributed by atoms with Crippen LogP contribution in [0, 0.1) is 0 Å². The molecule has 10 nitrogen and oxygen atoms in total. The summed E-state index contributed by atoms with van der Waals surface area (Å²) in [5.41, 5.74) is 0. The SMILES string of the molecule is CCCCCCCCCCCCCCC(O)C[N+](C)(C)CCO.CCCCCCCCCCCCCCC(O)C[N+](C)(C)CCO.O=P([O-])([O-])O. The molecule has 0 rings (SSSR count). The second-order valence-electron chi connectivity index (χ2n) is 16.3. The minimum Gasteiger partial charge on any atom is -0.790 e. The number of aliphatic hydroxyl groups excluding tert-OH is 4. The Balaban J connectivity index is -0.000000796. The predicted molar refractivity (Wildman–Crippen MR) is 211 cm³/mol. The molecule has 0 aliphatic rings. The minimum absolute atomic E-state index is 0.193. The normalized spacial score (nSPS) is 13.3. The van der Waals surface area contributed by atoms with E-state index in [-0.39, 0.29) is 25.4 Å². The lowest BCUT2D eigenvalue weighted by molar-refractivity contribution is -0.893. The first-order chi connectivity index (χ1) is 24.0. The van der Waals surface area contributed by atoms with E-state index in [9.17, 15) is 10.2 Å². The second-order valence-corrected chi connectivity index (χ2v) is 17.2. The van der Waals surface area contributed by atoms with Crippen molar-refractivity contribution in [2.24, 2.45) is 0 Å². The summed E-state index contributed by atoms with van der Waals surface area (Å²) in [4.78, 5) is 24.3. The topological polar surface area (TPSA) is 164 Å². The molecule has 0 saturated heterocycles. The largest absolute Gasteiger partial charge is 0.790 e. The molecule has 11 heteroatoms. The molecular weight excluding hydrogens is 667 g/mol. The fourth-order valence-corrected chi connectivity index (χ4v) is 6.49. The smallest absolute Gasteiger partial charge is 0.105 e. The van der Waals surface area contributed by atoms with Gasteiger partial charge in [0, 0.05) is 0 Å². The summed E-state index contributed by atoms with van der Waals surface area (Å²) in [5.74, 6) is 0. The van der Waals surface area contributed by atoms with E-state index in [1.807, 2.05) is 0 Å². The standard InChI is InChI=1S/2C20H44NO2.H3O4P/c2*1-4-5-6-7-8-9-10-11-12-13-14-15-16-20(23)19-21(2,3)17-18-22;1-5(2,3)4/h2*20,22-23H,4-19H2,1-3H3;(H3,1,2,3,4)/q2*+1;/p-2. The molecule has 2 atom stereocenters. The van der Waals surface area contributed by atoms with Gasteiger partial charge in [-0.05, 0) is 12.8 Å². The van der Waals surface area contributed by atoms with Gasteiger partial charge in [-0.2, -0.15) is 0 Å². The van der Waals surface area contributed by atoms with Gasteiger partial charge in [0.15, 0.2) is 0 Å². The van der Waals surface area contributed by atoms with Crippen molar-refractivity contribution in [3.05, 3.63) is 0 Å². The third-order valence-corrected chi connectivity index (χ3v) is 9.60. The summed E-state index contributed by atoms with van der Waals surface area (Å²) >= 11 is 0. The van der Waals surface area contributed by atoms with E-state index in [4.69, 9.17) is 29.5 Å². The number of aliphatic hydroxyl groups is 4. The van der Waals surface area contributed by atoms with Crippen molar-refractivity contribution >= 4 is 7.82 Å². The molecule has 0 amide bonds. The third kappa shape index (κ3) is 54.3. The number of hydrogen-bond acceptors (Lipinski definition) is 7. The average Bonchev–Trinajstić information content (AvgIpc) is 3.01. The van der Waals surface area contributed by atoms with Gasteiger partial charge in [0.05, 0.1) is 49.2 Å². The quantitative estimate of drug-likeness (QED) is 0.0271. The van der Waals surface area contributed by atoms with Crippen molar-refractivity contribution in [1.29, 1.82) is 0 Å². The van der Waals surface area contributed by atoms with E-state index >= 15 is 0 Å². The van der Waals surface area contributed by atoms with Crippen molar-refractivity contribution in [2.45, 2.75) is 193 Å². The van der Waals surface area contributed by atoms with Gasteiger partial charge in [0.2, 0.25) is 0 Å². The predicted octanol–water partition coefficient (Wildman–Crippen LogP) is 6.82. The Kier molecular flexibility index (Phi) is 41.3. The second kappa shape index (κ2) is 38.2. The number of quaternary nitrogens is 2. The van der Waals surface area contributed by atoms with Crippen LogP contribution in [0.2, 0.25) is 0 Å². The van der Waals surface area contributed by atoms with E-state index in [0.29, 0.717) is 8.97 Å². The van der Waals surface area contributed by atoms with Crippen LogP contribution in [-0.2, 0) is 4.57 Å². The monoisotopic (exact) mass is 757 g/mol. The average molecular weight is 757 g/mol. The summed E-state index contributed by atoms with van der Waals surface area (Å²) in [6, 6.07) is 0. The summed E-state index contributed by atoms with van der Waals surface area (Å²) in [6.45, 7) is 7.86. The van der Waals surface area contributed by atoms with Crippen LogP contribution < -0.4 is 9.79 Å². The lowest BCUT2D eigenvalue weighted by Gasteiger charge is -2.31. The van der Waals surface area contributed by atoms with Gasteiger partial charge in [-0.25, -0.2) is 0 Å². The molecule has 0 saturated carbocycles. The molecule has 0 heterocycles. The molecule has 312 valence electrons. The summed E-state index contributed by atoms with van der Waals surface area (Å²) < 4.78 is 10.1. The Morgan fingerprint density at radius 2 is 0.667 bits per heavy atom. The zero-order valence-corrected chi connectivity index (χ0v) is 35.5. The summed E-state index contributed by atoms with van der Waals surface area (Å²) in [6.07, 6.45) is 33.9. The minimum atomic E-state index is -5.14. The zero-order chi connectivity index (χ0) is 39.3. The molecule has 0 radical (unpaired) electrons. The van der Waals surface area contributed by atoms with E-state index in [2.05, 4.69) is 42.0 Å². The Labute approximate surface area is 316 Å². The van der Waals surface area contributed by atoms with Crippen LogP contribution in [-0.4, -0.2) is 114 Å². The molecule has 2 unspecified atom stereocenters. The highest BCUT2D eigenvalue weighted by atomic mass is 31.2. The van der Waals surface area contributed by atoms with Crippen molar-refractivity contribution in [3.8, 4) is 0 Å². The van der Waals surface area contributed by atoms with Gasteiger partial charge in [-0.1, -0.05) is 168 Å². The lowest BCUT2D eigenvalue weighted by Crippen LogP contribution is -2.47. The van der Waals surface area contributed by atoms with Gasteiger partial charge in [-0.3, -0.25) is 0 Å². The number of nitrogens with zero attached hydrogens (tertiary/aromatic N) is 2. The number of unbranched alkanes of at least 4 members (excludes halogenated alkanes) is 22. The Morgan fingerprint density at radius 1 is 0.471 bits per heavy atom. The molecule has 0 aromatic carbocycles. The van der Waals surface area contributed by atoms with Crippen molar-refractivity contribution in [2.75, 3.05) is 67.6 Å². The highest BCUT2D eigenvalue weighted by molar-refractivity contribution is 7.42. The van der Waals surface area contributed by atoms with Crippen molar-refractivity contribution < 1.29 is 48.6 Å². The van der Waals surface area contributed by atoms with Crippen LogP contribution in [0.5, 0.6) is 0 Å². The summed E-state index contributed by atoms with van der Waals surface area (Å²) in [5, 5.41) is 38.2. The highest BCUT2D eigenvalue weighted by Crippen LogP contribution is 2.15. The molecule has 0 bridgehead atoms. The molecule has 0 aliphatic carbocycles. The Bertz CT molecular complexity index is 681. The van der Waals surface area contributed by atoms with Gasteiger partial charge < -0.3 is 48.6 Å². The van der Waals surface area contributed by atoms with Crippen molar-refractivity contribution in [3.63, 3.8) is 0 Å². The summed E-state index contributed by atoms with van der Waals surface area (Å²) in [7, 11) is 3.15. The van der Waals surface area contributed by atoms with Gasteiger partial charge in [0.25, 0.3) is 0 Å². The molecule has 0 fully saturated rings. The molecule has 51 heavy (non-hydrogen) atoms. The van der Waals surface area contributed by atoms with E-state index in [0.717, 1.165) is 51.9 Å². The highest BCUT2D eigenvalue weighted by Gasteiger charge is 2.20. The van der Waals surface area contributed by atoms with Gasteiger partial charge in [-0.15, -0.1) is 0 Å². The van der Waals surface area contributed by atoms with Crippen LogP contribution in [0.4, 0.5) is 0 Å². The fourth-order valence-electron chi connectivity index (χ4n) is 6.49. The molecular formula is C40H89N2O8P. The van der Waals surface area contributed by atoms with Gasteiger partial charge >= 0.3 is 0 Å². The first-order valence-corrected chi connectivity index (χ1v) is 22.5. The van der Waals surface area contributed by atoms with Crippen LogP contribution >= 0.6 is 7.82 Å². The first kappa shape index (κ1) is 55.2. The molecule has 0 aromatic rings. The van der Waals surface area contributed by atoms with Crippen LogP contribution in [0.15, 0.2) is 0 Å². The maximum absolute atomic E-state index is 10.1. The van der Waals surface area contributed by atoms with E-state index in [1.165, 1.54) is 141 Å².